The lowest BCUT2D eigenvalue weighted by Crippen LogP contribution is -2.36. The number of hydrogen-bond donors (Lipinski definition) is 2. The largest absolute Gasteiger partial charge is 0.360 e. The van der Waals surface area contributed by atoms with Crippen LogP contribution in [0.1, 0.15) is 29.6 Å². The van der Waals surface area contributed by atoms with Crippen LogP contribution < -0.4 is 5.32 Å². The first-order valence-electron chi connectivity index (χ1n) is 6.56. The van der Waals surface area contributed by atoms with E-state index in [2.05, 4.69) is 16.4 Å². The van der Waals surface area contributed by atoms with Gasteiger partial charge in [-0.25, -0.2) is 0 Å². The van der Waals surface area contributed by atoms with Crippen molar-refractivity contribution >= 4 is 16.8 Å². The molecule has 2 atom stereocenters. The molecule has 2 unspecified atom stereocenters. The molecule has 0 spiro atoms. The number of para-hydroxylation sites is 1. The van der Waals surface area contributed by atoms with Gasteiger partial charge in [0, 0.05) is 23.1 Å². The molecule has 1 aliphatic carbocycles. The molecule has 2 aromatic rings. The molecule has 1 amide bonds. The lowest BCUT2D eigenvalue weighted by molar-refractivity contribution is 0.0934. The maximum Gasteiger partial charge on any atom is 0.253 e. The maximum absolute atomic E-state index is 12.3. The number of carbonyl (C=O) groups is 1. The summed E-state index contributed by atoms with van der Waals surface area (Å²) in [5, 5.41) is 13.0. The number of rotatable bonds is 2. The third-order valence-electron chi connectivity index (χ3n) is 3.83. The van der Waals surface area contributed by atoms with E-state index in [1.54, 1.807) is 6.20 Å². The molecule has 96 valence electrons. The van der Waals surface area contributed by atoms with Gasteiger partial charge in [0.05, 0.1) is 17.6 Å². The summed E-state index contributed by atoms with van der Waals surface area (Å²) < 4.78 is 0. The Balaban J connectivity index is 1.83. The monoisotopic (exact) mass is 253 g/mol. The second-order valence-corrected chi connectivity index (χ2v) is 4.99. The number of H-pyrrole nitrogens is 1. The Bertz CT molecular complexity index is 653. The zero-order valence-corrected chi connectivity index (χ0v) is 10.5. The molecule has 0 aliphatic heterocycles. The second kappa shape index (κ2) is 4.77. The summed E-state index contributed by atoms with van der Waals surface area (Å²) in [6.07, 6.45) is 4.52. The van der Waals surface area contributed by atoms with E-state index < -0.39 is 0 Å². The number of aromatic amines is 1. The standard InChI is InChI=1S/C15H15N3O/c16-8-10-4-3-7-13(10)18-15(19)12-9-17-14-6-2-1-5-11(12)14/h1-2,5-6,9-10,13,17H,3-4,7H2,(H,18,19). The fourth-order valence-corrected chi connectivity index (χ4v) is 2.79. The summed E-state index contributed by atoms with van der Waals surface area (Å²) in [5.41, 5.74) is 1.61. The van der Waals surface area contributed by atoms with Crippen molar-refractivity contribution in [3.8, 4) is 6.07 Å². The number of aromatic nitrogens is 1. The van der Waals surface area contributed by atoms with Gasteiger partial charge in [-0.2, -0.15) is 5.26 Å². The van der Waals surface area contributed by atoms with Gasteiger partial charge in [0.25, 0.3) is 5.91 Å². The molecule has 4 nitrogen and oxygen atoms in total. The van der Waals surface area contributed by atoms with Crippen molar-refractivity contribution in [1.29, 1.82) is 5.26 Å². The highest BCUT2D eigenvalue weighted by molar-refractivity contribution is 6.06. The highest BCUT2D eigenvalue weighted by atomic mass is 16.1. The Kier molecular flexibility index (Phi) is 2.96. The van der Waals surface area contributed by atoms with E-state index >= 15 is 0 Å². The van der Waals surface area contributed by atoms with E-state index in [9.17, 15) is 4.79 Å². The minimum atomic E-state index is -0.0930. The normalized spacial score (nSPS) is 22.3. The SMILES string of the molecule is N#CC1CCCC1NC(=O)c1c[nH]c2ccccc12. The molecule has 1 saturated carbocycles. The predicted molar refractivity (Wildman–Crippen MR) is 72.5 cm³/mol. The van der Waals surface area contributed by atoms with Crippen molar-refractivity contribution in [2.24, 2.45) is 5.92 Å². The molecule has 1 aromatic carbocycles. The van der Waals surface area contributed by atoms with Crippen LogP contribution in [0.5, 0.6) is 0 Å². The Morgan fingerprint density at radius 3 is 3.05 bits per heavy atom. The summed E-state index contributed by atoms with van der Waals surface area (Å²) in [6, 6.07) is 9.99. The molecule has 0 bridgehead atoms. The van der Waals surface area contributed by atoms with Crippen molar-refractivity contribution in [2.45, 2.75) is 25.3 Å². The molecule has 19 heavy (non-hydrogen) atoms. The Morgan fingerprint density at radius 2 is 2.21 bits per heavy atom. The third kappa shape index (κ3) is 2.08. The van der Waals surface area contributed by atoms with Gasteiger partial charge in [-0.3, -0.25) is 4.79 Å². The average Bonchev–Trinajstić information content (AvgIpc) is 3.04. The van der Waals surface area contributed by atoms with Gasteiger partial charge in [0.1, 0.15) is 0 Å². The van der Waals surface area contributed by atoms with Crippen LogP contribution in [0.3, 0.4) is 0 Å². The predicted octanol–water partition coefficient (Wildman–Crippen LogP) is 2.59. The molecule has 0 saturated heterocycles. The Morgan fingerprint density at radius 1 is 1.37 bits per heavy atom. The smallest absolute Gasteiger partial charge is 0.253 e. The quantitative estimate of drug-likeness (QED) is 0.863. The topological polar surface area (TPSA) is 68.7 Å². The van der Waals surface area contributed by atoms with Gasteiger partial charge in [-0.05, 0) is 25.3 Å². The maximum atomic E-state index is 12.3. The summed E-state index contributed by atoms with van der Waals surface area (Å²) in [6.45, 7) is 0. The molecule has 1 aromatic heterocycles. The van der Waals surface area contributed by atoms with E-state index in [1.165, 1.54) is 0 Å². The van der Waals surface area contributed by atoms with Gasteiger partial charge in [-0.1, -0.05) is 18.2 Å². The molecule has 1 heterocycles. The number of nitrogens with zero attached hydrogens (tertiary/aromatic N) is 1. The number of hydrogen-bond acceptors (Lipinski definition) is 2. The summed E-state index contributed by atoms with van der Waals surface area (Å²) in [5.74, 6) is -0.140. The van der Waals surface area contributed by atoms with E-state index in [-0.39, 0.29) is 17.9 Å². The van der Waals surface area contributed by atoms with Crippen LogP contribution in [-0.2, 0) is 0 Å². The number of benzene rings is 1. The first-order valence-corrected chi connectivity index (χ1v) is 6.56. The molecule has 2 N–H and O–H groups in total. The number of fused-ring (bicyclic) bond motifs is 1. The first-order chi connectivity index (χ1) is 9.29. The Labute approximate surface area is 111 Å². The molecular formula is C15H15N3O. The zero-order chi connectivity index (χ0) is 13.2. The van der Waals surface area contributed by atoms with Gasteiger partial charge in [0.2, 0.25) is 0 Å². The van der Waals surface area contributed by atoms with Gasteiger partial charge < -0.3 is 10.3 Å². The number of amides is 1. The molecule has 4 heteroatoms. The van der Waals surface area contributed by atoms with Crippen LogP contribution in [0, 0.1) is 17.2 Å². The lowest BCUT2D eigenvalue weighted by Gasteiger charge is -2.15. The zero-order valence-electron chi connectivity index (χ0n) is 10.5. The molecule has 1 fully saturated rings. The minimum Gasteiger partial charge on any atom is -0.360 e. The van der Waals surface area contributed by atoms with E-state index in [0.717, 1.165) is 30.2 Å². The minimum absolute atomic E-state index is 0.00818. The van der Waals surface area contributed by atoms with Crippen molar-refractivity contribution in [3.05, 3.63) is 36.0 Å². The van der Waals surface area contributed by atoms with Crippen LogP contribution in [-0.4, -0.2) is 16.9 Å². The second-order valence-electron chi connectivity index (χ2n) is 4.99. The summed E-state index contributed by atoms with van der Waals surface area (Å²) in [7, 11) is 0. The summed E-state index contributed by atoms with van der Waals surface area (Å²) in [4.78, 5) is 15.4. The fraction of sp³-hybridized carbons (Fsp3) is 0.333. The Hall–Kier alpha value is -2.28. The third-order valence-corrected chi connectivity index (χ3v) is 3.83. The summed E-state index contributed by atoms with van der Waals surface area (Å²) >= 11 is 0. The van der Waals surface area contributed by atoms with E-state index in [0.29, 0.717) is 5.56 Å². The van der Waals surface area contributed by atoms with Gasteiger partial charge >= 0.3 is 0 Å². The van der Waals surface area contributed by atoms with Crippen LogP contribution in [0.4, 0.5) is 0 Å². The number of nitriles is 1. The van der Waals surface area contributed by atoms with Crippen molar-refractivity contribution in [2.75, 3.05) is 0 Å². The fourth-order valence-electron chi connectivity index (χ4n) is 2.79. The van der Waals surface area contributed by atoms with Crippen molar-refractivity contribution in [3.63, 3.8) is 0 Å². The van der Waals surface area contributed by atoms with Crippen molar-refractivity contribution < 1.29 is 4.79 Å². The number of nitrogens with one attached hydrogen (secondary N) is 2. The molecule has 3 rings (SSSR count). The average molecular weight is 253 g/mol. The van der Waals surface area contributed by atoms with Crippen LogP contribution in [0.15, 0.2) is 30.5 Å². The van der Waals surface area contributed by atoms with Crippen molar-refractivity contribution in [1.82, 2.24) is 10.3 Å². The van der Waals surface area contributed by atoms with E-state index in [4.69, 9.17) is 5.26 Å². The highest BCUT2D eigenvalue weighted by Gasteiger charge is 2.29. The molecule has 1 aliphatic rings. The number of carbonyl (C=O) groups excluding carboxylic acids is 1. The highest BCUT2D eigenvalue weighted by Crippen LogP contribution is 2.26. The lowest BCUT2D eigenvalue weighted by atomic mass is 10.1. The molecule has 0 radical (unpaired) electrons. The van der Waals surface area contributed by atoms with Crippen LogP contribution in [0.2, 0.25) is 0 Å². The van der Waals surface area contributed by atoms with Gasteiger partial charge in [0.15, 0.2) is 0 Å². The molecular weight excluding hydrogens is 238 g/mol. The van der Waals surface area contributed by atoms with Gasteiger partial charge in [-0.15, -0.1) is 0 Å². The van der Waals surface area contributed by atoms with Crippen LogP contribution >= 0.6 is 0 Å². The first kappa shape index (κ1) is 11.8. The van der Waals surface area contributed by atoms with E-state index in [1.807, 2.05) is 24.3 Å². The van der Waals surface area contributed by atoms with Crippen LogP contribution in [0.25, 0.3) is 10.9 Å².